The van der Waals surface area contributed by atoms with E-state index in [0.29, 0.717) is 5.54 Å². The van der Waals surface area contributed by atoms with Crippen LogP contribution in [-0.4, -0.2) is 30.1 Å². The summed E-state index contributed by atoms with van der Waals surface area (Å²) in [7, 11) is 0. The Morgan fingerprint density at radius 3 is 2.50 bits per heavy atom. The van der Waals surface area contributed by atoms with Crippen LogP contribution in [-0.2, 0) is 0 Å². The van der Waals surface area contributed by atoms with Crippen molar-refractivity contribution in [3.05, 3.63) is 0 Å². The van der Waals surface area contributed by atoms with Gasteiger partial charge >= 0.3 is 0 Å². The minimum atomic E-state index is 0.335. The molecule has 1 saturated carbocycles. The number of hydrogen-bond donors (Lipinski definition) is 1. The van der Waals surface area contributed by atoms with Crippen molar-refractivity contribution in [2.75, 3.05) is 19.6 Å². The highest BCUT2D eigenvalue weighted by Crippen LogP contribution is 2.41. The highest BCUT2D eigenvalue weighted by molar-refractivity contribution is 4.99. The van der Waals surface area contributed by atoms with E-state index in [-0.39, 0.29) is 0 Å². The summed E-state index contributed by atoms with van der Waals surface area (Å²) in [5.74, 6) is 3.45. The predicted octanol–water partition coefficient (Wildman–Crippen LogP) is 3.90. The van der Waals surface area contributed by atoms with E-state index in [1.165, 1.54) is 51.6 Å². The van der Waals surface area contributed by atoms with Gasteiger partial charge in [0.15, 0.2) is 0 Å². The van der Waals surface area contributed by atoms with Crippen LogP contribution in [0.3, 0.4) is 0 Å². The fraction of sp³-hybridized carbons (Fsp3) is 1.00. The Morgan fingerprint density at radius 1 is 1.20 bits per heavy atom. The van der Waals surface area contributed by atoms with Crippen LogP contribution < -0.4 is 5.73 Å². The van der Waals surface area contributed by atoms with Crippen LogP contribution in [0.2, 0.25) is 0 Å². The van der Waals surface area contributed by atoms with E-state index < -0.39 is 0 Å². The Labute approximate surface area is 126 Å². The Bertz CT molecular complexity index is 300. The fourth-order valence-corrected chi connectivity index (χ4v) is 4.69. The Balaban J connectivity index is 2.01. The van der Waals surface area contributed by atoms with Crippen molar-refractivity contribution in [3.8, 4) is 0 Å². The van der Waals surface area contributed by atoms with Crippen LogP contribution in [0.25, 0.3) is 0 Å². The van der Waals surface area contributed by atoms with Gasteiger partial charge in [0, 0.05) is 18.6 Å². The van der Waals surface area contributed by atoms with Gasteiger partial charge in [0.25, 0.3) is 0 Å². The molecule has 2 aliphatic rings. The zero-order valence-electron chi connectivity index (χ0n) is 14.2. The highest BCUT2D eigenvalue weighted by Gasteiger charge is 2.43. The third-order valence-electron chi connectivity index (χ3n) is 5.95. The van der Waals surface area contributed by atoms with Crippen LogP contribution in [0.4, 0.5) is 0 Å². The van der Waals surface area contributed by atoms with E-state index in [1.807, 2.05) is 0 Å². The van der Waals surface area contributed by atoms with Crippen molar-refractivity contribution in [1.82, 2.24) is 4.90 Å². The molecule has 1 saturated heterocycles. The Morgan fingerprint density at radius 2 is 1.95 bits per heavy atom. The third-order valence-corrected chi connectivity index (χ3v) is 5.95. The lowest BCUT2D eigenvalue weighted by Gasteiger charge is -2.47. The minimum absolute atomic E-state index is 0.335. The molecule has 2 rings (SSSR count). The minimum Gasteiger partial charge on any atom is -0.329 e. The first-order valence-corrected chi connectivity index (χ1v) is 8.92. The Hall–Kier alpha value is -0.0800. The van der Waals surface area contributed by atoms with Gasteiger partial charge in [0.2, 0.25) is 0 Å². The van der Waals surface area contributed by atoms with Gasteiger partial charge in [-0.15, -0.1) is 0 Å². The second-order valence-electron chi connectivity index (χ2n) is 8.26. The molecular weight excluding hydrogens is 244 g/mol. The van der Waals surface area contributed by atoms with Gasteiger partial charge in [-0.25, -0.2) is 0 Å². The molecule has 20 heavy (non-hydrogen) atoms. The van der Waals surface area contributed by atoms with E-state index in [1.54, 1.807) is 0 Å². The molecule has 118 valence electrons. The van der Waals surface area contributed by atoms with Gasteiger partial charge in [-0.05, 0) is 55.9 Å². The molecule has 3 atom stereocenters. The zero-order chi connectivity index (χ0) is 14.8. The summed E-state index contributed by atoms with van der Waals surface area (Å²) in [6, 6.07) is 0. The summed E-state index contributed by atoms with van der Waals surface area (Å²) in [5, 5.41) is 0. The van der Waals surface area contributed by atoms with Crippen molar-refractivity contribution >= 4 is 0 Å². The summed E-state index contributed by atoms with van der Waals surface area (Å²) in [5.41, 5.74) is 6.63. The van der Waals surface area contributed by atoms with Gasteiger partial charge in [-0.2, -0.15) is 0 Å². The number of nitrogens with two attached hydrogens (primary N) is 1. The van der Waals surface area contributed by atoms with Gasteiger partial charge in [0.1, 0.15) is 0 Å². The van der Waals surface area contributed by atoms with Gasteiger partial charge in [-0.1, -0.05) is 40.5 Å². The molecule has 0 bridgehead atoms. The first-order valence-electron chi connectivity index (χ1n) is 8.92. The van der Waals surface area contributed by atoms with Crippen molar-refractivity contribution in [3.63, 3.8) is 0 Å². The van der Waals surface area contributed by atoms with Crippen LogP contribution in [0, 0.1) is 23.7 Å². The number of nitrogens with zero attached hydrogens (tertiary/aromatic N) is 1. The fourth-order valence-electron chi connectivity index (χ4n) is 4.69. The molecule has 2 N–H and O–H groups in total. The van der Waals surface area contributed by atoms with Crippen LogP contribution in [0.1, 0.15) is 66.2 Å². The van der Waals surface area contributed by atoms with Crippen LogP contribution >= 0.6 is 0 Å². The second-order valence-corrected chi connectivity index (χ2v) is 8.26. The average Bonchev–Trinajstić information content (AvgIpc) is 2.88. The lowest BCUT2D eigenvalue weighted by molar-refractivity contribution is 0.0457. The maximum Gasteiger partial charge on any atom is 0.0334 e. The lowest BCUT2D eigenvalue weighted by Crippen LogP contribution is -2.55. The number of hydrogen-bond acceptors (Lipinski definition) is 2. The molecule has 2 heteroatoms. The quantitative estimate of drug-likeness (QED) is 0.827. The average molecular weight is 281 g/mol. The molecule has 0 radical (unpaired) electrons. The summed E-state index contributed by atoms with van der Waals surface area (Å²) in [4.78, 5) is 2.78. The SMILES string of the molecule is CC(C)CC1CCCC(CN)(N2CCC(C(C)C)C2)C1. The molecule has 0 aromatic rings. The van der Waals surface area contributed by atoms with E-state index >= 15 is 0 Å². The van der Waals surface area contributed by atoms with Crippen molar-refractivity contribution in [1.29, 1.82) is 0 Å². The largest absolute Gasteiger partial charge is 0.329 e. The maximum atomic E-state index is 6.29. The smallest absolute Gasteiger partial charge is 0.0334 e. The number of rotatable bonds is 5. The molecule has 0 aromatic heterocycles. The number of likely N-dealkylation sites (tertiary alicyclic amines) is 1. The first-order chi connectivity index (χ1) is 9.47. The summed E-state index contributed by atoms with van der Waals surface area (Å²) in [6.07, 6.45) is 8.28. The molecular formula is C18H36N2. The van der Waals surface area contributed by atoms with Crippen molar-refractivity contribution in [2.45, 2.75) is 71.8 Å². The van der Waals surface area contributed by atoms with E-state index in [9.17, 15) is 0 Å². The molecule has 2 fully saturated rings. The molecule has 0 spiro atoms. The summed E-state index contributed by atoms with van der Waals surface area (Å²) < 4.78 is 0. The maximum absolute atomic E-state index is 6.29. The van der Waals surface area contributed by atoms with Crippen molar-refractivity contribution in [2.24, 2.45) is 29.4 Å². The molecule has 1 heterocycles. The molecule has 2 nitrogen and oxygen atoms in total. The topological polar surface area (TPSA) is 29.3 Å². The first kappa shape index (κ1) is 16.3. The second kappa shape index (κ2) is 6.79. The molecule has 1 aliphatic heterocycles. The van der Waals surface area contributed by atoms with Gasteiger partial charge in [-0.3, -0.25) is 4.90 Å². The monoisotopic (exact) mass is 280 g/mol. The summed E-state index contributed by atoms with van der Waals surface area (Å²) in [6.45, 7) is 12.9. The van der Waals surface area contributed by atoms with E-state index in [0.717, 1.165) is 30.2 Å². The molecule has 1 aliphatic carbocycles. The lowest BCUT2D eigenvalue weighted by atomic mass is 9.72. The highest BCUT2D eigenvalue weighted by atomic mass is 15.2. The zero-order valence-corrected chi connectivity index (χ0v) is 14.2. The third kappa shape index (κ3) is 3.57. The van der Waals surface area contributed by atoms with E-state index in [2.05, 4.69) is 32.6 Å². The predicted molar refractivity (Wildman–Crippen MR) is 87.7 cm³/mol. The van der Waals surface area contributed by atoms with Crippen LogP contribution in [0.15, 0.2) is 0 Å². The van der Waals surface area contributed by atoms with E-state index in [4.69, 9.17) is 5.73 Å². The normalized spacial score (nSPS) is 36.1. The molecule has 0 aromatic carbocycles. The summed E-state index contributed by atoms with van der Waals surface area (Å²) >= 11 is 0. The van der Waals surface area contributed by atoms with Crippen molar-refractivity contribution < 1.29 is 0 Å². The molecule has 0 amide bonds. The van der Waals surface area contributed by atoms with Crippen LogP contribution in [0.5, 0.6) is 0 Å². The molecule has 3 unspecified atom stereocenters. The van der Waals surface area contributed by atoms with Gasteiger partial charge in [0.05, 0.1) is 0 Å². The Kier molecular flexibility index (Phi) is 5.53. The standard InChI is InChI=1S/C18H36N2/c1-14(2)10-16-6-5-8-18(11-16,13-19)20-9-7-17(12-20)15(3)4/h14-17H,5-13,19H2,1-4H3. The van der Waals surface area contributed by atoms with Gasteiger partial charge < -0.3 is 5.73 Å².